The van der Waals surface area contributed by atoms with E-state index >= 15 is 0 Å². The van der Waals surface area contributed by atoms with Gasteiger partial charge in [-0.3, -0.25) is 14.7 Å². The van der Waals surface area contributed by atoms with Crippen molar-refractivity contribution in [3.05, 3.63) is 95.9 Å². The standard InChI is InChI=1S/C30H33N7O2S/c1-35(2)17-6-18-37(40(38,39)27-9-4-7-22-8-5-16-33-29(22)27)24-14-15-26-25(20-24)34-28(36(26)3)19-21-10-12-23(13-11-21)30(31)32/h4-5,7-16,20H,6,17-19H2,1-3H3,(H3,31,32). The predicted molar refractivity (Wildman–Crippen MR) is 160 cm³/mol. The highest BCUT2D eigenvalue weighted by atomic mass is 32.2. The van der Waals surface area contributed by atoms with E-state index in [0.29, 0.717) is 36.2 Å². The maximum Gasteiger partial charge on any atom is 0.266 e. The van der Waals surface area contributed by atoms with Crippen LogP contribution in [0.2, 0.25) is 0 Å². The molecule has 0 bridgehead atoms. The first-order valence-electron chi connectivity index (χ1n) is 13.0. The van der Waals surface area contributed by atoms with Crippen molar-refractivity contribution in [2.75, 3.05) is 31.5 Å². The van der Waals surface area contributed by atoms with Crippen LogP contribution in [-0.4, -0.2) is 60.9 Å². The summed E-state index contributed by atoms with van der Waals surface area (Å²) in [6.45, 7) is 1.07. The largest absolute Gasteiger partial charge is 0.384 e. The fourth-order valence-electron chi connectivity index (χ4n) is 4.86. The topological polar surface area (TPSA) is 121 Å². The molecule has 0 amide bonds. The van der Waals surface area contributed by atoms with Gasteiger partial charge in [0.05, 0.1) is 22.2 Å². The van der Waals surface area contributed by atoms with E-state index in [4.69, 9.17) is 16.1 Å². The number of nitrogens with zero attached hydrogens (tertiary/aromatic N) is 5. The maximum atomic E-state index is 14.2. The van der Waals surface area contributed by atoms with Crippen molar-refractivity contribution in [2.24, 2.45) is 12.8 Å². The zero-order chi connectivity index (χ0) is 28.4. The Bertz CT molecular complexity index is 1790. The van der Waals surface area contributed by atoms with E-state index in [1.165, 1.54) is 4.31 Å². The molecule has 2 heterocycles. The van der Waals surface area contributed by atoms with Gasteiger partial charge in [0, 0.05) is 37.2 Å². The third-order valence-corrected chi connectivity index (χ3v) is 8.86. The number of anilines is 1. The van der Waals surface area contributed by atoms with Crippen LogP contribution in [0.5, 0.6) is 0 Å². The van der Waals surface area contributed by atoms with Crippen molar-refractivity contribution in [3.8, 4) is 0 Å². The molecule has 0 aliphatic carbocycles. The third-order valence-electron chi connectivity index (χ3n) is 7.00. The van der Waals surface area contributed by atoms with Crippen LogP contribution in [0.15, 0.2) is 83.9 Å². The van der Waals surface area contributed by atoms with Crippen LogP contribution in [0.3, 0.4) is 0 Å². The first kappa shape index (κ1) is 27.3. The summed E-state index contributed by atoms with van der Waals surface area (Å²) in [6.07, 6.45) is 2.87. The Morgan fingerprint density at radius 1 is 1.00 bits per heavy atom. The fourth-order valence-corrected chi connectivity index (χ4v) is 6.52. The lowest BCUT2D eigenvalue weighted by molar-refractivity contribution is 0.403. The van der Waals surface area contributed by atoms with E-state index < -0.39 is 10.0 Å². The first-order chi connectivity index (χ1) is 19.1. The van der Waals surface area contributed by atoms with Gasteiger partial charge in [-0.25, -0.2) is 13.4 Å². The van der Waals surface area contributed by atoms with Gasteiger partial charge < -0.3 is 15.2 Å². The molecule has 0 aliphatic heterocycles. The Hall–Kier alpha value is -4.28. The molecule has 9 nitrogen and oxygen atoms in total. The molecule has 0 atom stereocenters. The summed E-state index contributed by atoms with van der Waals surface area (Å²) in [6, 6.07) is 22.1. The minimum absolute atomic E-state index is 0.0335. The number of benzene rings is 3. The maximum absolute atomic E-state index is 14.2. The summed E-state index contributed by atoms with van der Waals surface area (Å²) in [5.41, 5.74) is 9.96. The van der Waals surface area contributed by atoms with Gasteiger partial charge in [0.2, 0.25) is 0 Å². The Kier molecular flexibility index (Phi) is 7.55. The molecule has 0 saturated heterocycles. The quantitative estimate of drug-likeness (QED) is 0.197. The average molecular weight is 556 g/mol. The molecule has 0 spiro atoms. The molecule has 3 N–H and O–H groups in total. The van der Waals surface area contributed by atoms with Crippen molar-refractivity contribution < 1.29 is 8.42 Å². The number of amidine groups is 1. The van der Waals surface area contributed by atoms with Gasteiger partial charge in [-0.15, -0.1) is 0 Å². The summed E-state index contributed by atoms with van der Waals surface area (Å²) in [7, 11) is 1.99. The second-order valence-corrected chi connectivity index (χ2v) is 11.9. The van der Waals surface area contributed by atoms with Gasteiger partial charge in [0.25, 0.3) is 10.0 Å². The predicted octanol–water partition coefficient (Wildman–Crippen LogP) is 4.14. The van der Waals surface area contributed by atoms with Gasteiger partial charge in [-0.05, 0) is 63.0 Å². The van der Waals surface area contributed by atoms with Gasteiger partial charge in [0.15, 0.2) is 0 Å². The number of rotatable bonds is 10. The van der Waals surface area contributed by atoms with E-state index in [9.17, 15) is 8.42 Å². The van der Waals surface area contributed by atoms with Crippen LogP contribution in [0, 0.1) is 5.41 Å². The van der Waals surface area contributed by atoms with Gasteiger partial charge in [-0.2, -0.15) is 0 Å². The number of hydrogen-bond donors (Lipinski definition) is 2. The van der Waals surface area contributed by atoms with Crippen molar-refractivity contribution in [1.29, 1.82) is 5.41 Å². The van der Waals surface area contributed by atoms with Crippen LogP contribution in [0.25, 0.3) is 21.9 Å². The average Bonchev–Trinajstić information content (AvgIpc) is 3.24. The van der Waals surface area contributed by atoms with Crippen LogP contribution >= 0.6 is 0 Å². The van der Waals surface area contributed by atoms with E-state index in [1.807, 2.05) is 85.2 Å². The molecule has 10 heteroatoms. The number of nitrogens with two attached hydrogens (primary N) is 1. The summed E-state index contributed by atoms with van der Waals surface area (Å²) in [4.78, 5) is 11.5. The molecule has 5 aromatic rings. The number of nitrogen functional groups attached to an aromatic ring is 1. The van der Waals surface area contributed by atoms with E-state index in [2.05, 4.69) is 4.98 Å². The van der Waals surface area contributed by atoms with Crippen molar-refractivity contribution >= 4 is 43.5 Å². The highest BCUT2D eigenvalue weighted by Crippen LogP contribution is 2.31. The summed E-state index contributed by atoms with van der Waals surface area (Å²) in [5.74, 6) is 0.883. The van der Waals surface area contributed by atoms with E-state index in [-0.39, 0.29) is 10.7 Å². The van der Waals surface area contributed by atoms with Crippen LogP contribution in [0.1, 0.15) is 23.4 Å². The number of sulfonamides is 1. The minimum Gasteiger partial charge on any atom is -0.384 e. The molecule has 0 fully saturated rings. The lowest BCUT2D eigenvalue weighted by Crippen LogP contribution is -2.33. The molecule has 40 heavy (non-hydrogen) atoms. The smallest absolute Gasteiger partial charge is 0.266 e. The SMILES string of the molecule is CN(C)CCCN(c1ccc2c(c1)nc(Cc1ccc(C(=N)N)cc1)n2C)S(=O)(=O)c1cccc2cccnc12. The van der Waals surface area contributed by atoms with Crippen molar-refractivity contribution in [3.63, 3.8) is 0 Å². The number of para-hydroxylation sites is 1. The van der Waals surface area contributed by atoms with Crippen LogP contribution < -0.4 is 10.0 Å². The Morgan fingerprint density at radius 2 is 1.75 bits per heavy atom. The zero-order valence-electron chi connectivity index (χ0n) is 22.9. The normalized spacial score (nSPS) is 11.9. The molecule has 3 aromatic carbocycles. The number of aryl methyl sites for hydroxylation is 1. The molecule has 0 saturated carbocycles. The molecular formula is C30H33N7O2S. The number of pyridine rings is 1. The molecule has 2 aromatic heterocycles. The number of hydrogen-bond acceptors (Lipinski definition) is 6. The molecule has 0 unspecified atom stereocenters. The first-order valence-corrected chi connectivity index (χ1v) is 14.5. The molecule has 0 aliphatic rings. The van der Waals surface area contributed by atoms with Gasteiger partial charge in [0.1, 0.15) is 16.6 Å². The number of nitrogens with one attached hydrogen (secondary N) is 1. The van der Waals surface area contributed by atoms with E-state index in [1.54, 1.807) is 24.4 Å². The highest BCUT2D eigenvalue weighted by molar-refractivity contribution is 7.93. The second-order valence-electron chi connectivity index (χ2n) is 10.1. The van der Waals surface area contributed by atoms with Crippen LogP contribution in [-0.2, 0) is 23.5 Å². The molecular weight excluding hydrogens is 522 g/mol. The lowest BCUT2D eigenvalue weighted by Gasteiger charge is -2.25. The van der Waals surface area contributed by atoms with Crippen molar-refractivity contribution in [2.45, 2.75) is 17.7 Å². The van der Waals surface area contributed by atoms with Crippen LogP contribution in [0.4, 0.5) is 5.69 Å². The van der Waals surface area contributed by atoms with Crippen molar-refractivity contribution in [1.82, 2.24) is 19.4 Å². The number of aromatic nitrogens is 3. The number of imidazole rings is 1. The summed E-state index contributed by atoms with van der Waals surface area (Å²) >= 11 is 0. The van der Waals surface area contributed by atoms with Gasteiger partial charge >= 0.3 is 0 Å². The minimum atomic E-state index is -3.92. The molecule has 5 rings (SSSR count). The second kappa shape index (κ2) is 11.1. The summed E-state index contributed by atoms with van der Waals surface area (Å²) in [5, 5.41) is 8.38. The molecule has 206 valence electrons. The number of fused-ring (bicyclic) bond motifs is 2. The third kappa shape index (κ3) is 5.41. The zero-order valence-corrected chi connectivity index (χ0v) is 23.7. The Morgan fingerprint density at radius 3 is 2.48 bits per heavy atom. The fraction of sp³-hybridized carbons (Fsp3) is 0.233. The monoisotopic (exact) mass is 555 g/mol. The van der Waals surface area contributed by atoms with E-state index in [0.717, 1.165) is 34.4 Å². The lowest BCUT2D eigenvalue weighted by atomic mass is 10.1. The Balaban J connectivity index is 1.53. The summed E-state index contributed by atoms with van der Waals surface area (Å²) < 4.78 is 31.8. The highest BCUT2D eigenvalue weighted by Gasteiger charge is 2.28. The van der Waals surface area contributed by atoms with Gasteiger partial charge in [-0.1, -0.05) is 42.5 Å². The molecule has 0 radical (unpaired) electrons. The Labute approximate surface area is 234 Å².